The molecule has 0 unspecified atom stereocenters. The lowest BCUT2D eigenvalue weighted by atomic mass is 10.2. The SMILES string of the molecule is CCOc1ccc(C(=O)N/N=C\c2cc([N+](=O)[O-])cs2)cc1. The lowest BCUT2D eigenvalue weighted by molar-refractivity contribution is -0.384. The van der Waals surface area contributed by atoms with Gasteiger partial charge in [0.05, 0.1) is 28.0 Å². The minimum Gasteiger partial charge on any atom is -0.494 e. The van der Waals surface area contributed by atoms with Crippen molar-refractivity contribution in [1.29, 1.82) is 0 Å². The average molecular weight is 319 g/mol. The van der Waals surface area contributed by atoms with E-state index in [4.69, 9.17) is 4.74 Å². The lowest BCUT2D eigenvalue weighted by Gasteiger charge is -2.03. The maximum atomic E-state index is 11.8. The summed E-state index contributed by atoms with van der Waals surface area (Å²) in [7, 11) is 0. The molecule has 0 aliphatic heterocycles. The topological polar surface area (TPSA) is 93.8 Å². The first kappa shape index (κ1) is 15.6. The van der Waals surface area contributed by atoms with Crippen LogP contribution in [0, 0.1) is 10.1 Å². The van der Waals surface area contributed by atoms with E-state index >= 15 is 0 Å². The summed E-state index contributed by atoms with van der Waals surface area (Å²) >= 11 is 1.17. The van der Waals surface area contributed by atoms with Crippen molar-refractivity contribution in [3.8, 4) is 5.75 Å². The van der Waals surface area contributed by atoms with Crippen molar-refractivity contribution >= 4 is 29.1 Å². The highest BCUT2D eigenvalue weighted by Gasteiger charge is 2.08. The summed E-state index contributed by atoms with van der Waals surface area (Å²) in [5.74, 6) is 0.318. The zero-order valence-corrected chi connectivity index (χ0v) is 12.5. The molecule has 0 aliphatic rings. The van der Waals surface area contributed by atoms with Gasteiger partial charge in [-0.25, -0.2) is 5.43 Å². The summed E-state index contributed by atoms with van der Waals surface area (Å²) in [4.78, 5) is 22.5. The number of nitrogens with one attached hydrogen (secondary N) is 1. The monoisotopic (exact) mass is 319 g/mol. The van der Waals surface area contributed by atoms with Crippen LogP contribution in [-0.4, -0.2) is 23.7 Å². The van der Waals surface area contributed by atoms with E-state index in [2.05, 4.69) is 10.5 Å². The van der Waals surface area contributed by atoms with E-state index in [1.165, 1.54) is 29.0 Å². The summed E-state index contributed by atoms with van der Waals surface area (Å²) in [5, 5.41) is 15.7. The molecule has 0 saturated heterocycles. The van der Waals surface area contributed by atoms with Crippen LogP contribution in [0.15, 0.2) is 40.8 Å². The molecular weight excluding hydrogens is 306 g/mol. The zero-order chi connectivity index (χ0) is 15.9. The number of carbonyl (C=O) groups is 1. The second-order valence-corrected chi connectivity index (χ2v) is 5.06. The molecule has 1 aromatic carbocycles. The first-order chi connectivity index (χ1) is 10.6. The molecule has 0 bridgehead atoms. The van der Waals surface area contributed by atoms with Crippen molar-refractivity contribution in [3.63, 3.8) is 0 Å². The second-order valence-electron chi connectivity index (χ2n) is 4.12. The maximum Gasteiger partial charge on any atom is 0.280 e. The van der Waals surface area contributed by atoms with Gasteiger partial charge in [0.1, 0.15) is 5.75 Å². The van der Waals surface area contributed by atoms with Gasteiger partial charge in [0.2, 0.25) is 0 Å². The molecule has 1 N–H and O–H groups in total. The summed E-state index contributed by atoms with van der Waals surface area (Å²) in [5.41, 5.74) is 2.81. The van der Waals surface area contributed by atoms with Crippen LogP contribution in [0.4, 0.5) is 5.69 Å². The van der Waals surface area contributed by atoms with Crippen LogP contribution >= 0.6 is 11.3 Å². The molecule has 0 radical (unpaired) electrons. The zero-order valence-electron chi connectivity index (χ0n) is 11.7. The number of nitro groups is 1. The first-order valence-corrected chi connectivity index (χ1v) is 7.27. The number of thiophene rings is 1. The average Bonchev–Trinajstić information content (AvgIpc) is 2.97. The number of hydrogen-bond acceptors (Lipinski definition) is 6. The molecule has 2 rings (SSSR count). The smallest absolute Gasteiger partial charge is 0.280 e. The number of rotatable bonds is 6. The van der Waals surface area contributed by atoms with Gasteiger partial charge in [-0.2, -0.15) is 5.10 Å². The fourth-order valence-corrected chi connectivity index (χ4v) is 2.31. The highest BCUT2D eigenvalue weighted by Crippen LogP contribution is 2.19. The summed E-state index contributed by atoms with van der Waals surface area (Å²) in [6.07, 6.45) is 1.37. The number of benzene rings is 1. The third-order valence-electron chi connectivity index (χ3n) is 2.60. The Labute approximate surface area is 130 Å². The van der Waals surface area contributed by atoms with Crippen LogP contribution in [0.5, 0.6) is 5.75 Å². The van der Waals surface area contributed by atoms with E-state index in [1.54, 1.807) is 24.3 Å². The highest BCUT2D eigenvalue weighted by molar-refractivity contribution is 7.12. The van der Waals surface area contributed by atoms with Gasteiger partial charge in [0.15, 0.2) is 0 Å². The Kier molecular flexibility index (Phi) is 5.21. The molecule has 0 atom stereocenters. The number of ether oxygens (including phenoxy) is 1. The van der Waals surface area contributed by atoms with E-state index in [0.29, 0.717) is 22.8 Å². The van der Waals surface area contributed by atoms with Gasteiger partial charge in [0.25, 0.3) is 11.6 Å². The number of carbonyl (C=O) groups excluding carboxylic acids is 1. The van der Waals surface area contributed by atoms with Crippen LogP contribution in [-0.2, 0) is 0 Å². The van der Waals surface area contributed by atoms with Crippen molar-refractivity contribution in [2.45, 2.75) is 6.92 Å². The van der Waals surface area contributed by atoms with Gasteiger partial charge in [0, 0.05) is 11.6 Å². The Bertz CT molecular complexity index is 694. The van der Waals surface area contributed by atoms with Gasteiger partial charge >= 0.3 is 0 Å². The quantitative estimate of drug-likeness (QED) is 0.503. The third kappa shape index (κ3) is 4.13. The van der Waals surface area contributed by atoms with Crippen molar-refractivity contribution in [1.82, 2.24) is 5.43 Å². The molecule has 0 aliphatic carbocycles. The molecule has 22 heavy (non-hydrogen) atoms. The van der Waals surface area contributed by atoms with E-state index < -0.39 is 4.92 Å². The second kappa shape index (κ2) is 7.32. The Balaban J connectivity index is 1.93. The Hall–Kier alpha value is -2.74. The van der Waals surface area contributed by atoms with E-state index in [9.17, 15) is 14.9 Å². The maximum absolute atomic E-state index is 11.8. The lowest BCUT2D eigenvalue weighted by Crippen LogP contribution is -2.17. The molecule has 7 nitrogen and oxygen atoms in total. The van der Waals surface area contributed by atoms with Crippen LogP contribution in [0.1, 0.15) is 22.2 Å². The molecule has 1 aromatic heterocycles. The van der Waals surface area contributed by atoms with Crippen LogP contribution in [0.25, 0.3) is 0 Å². The van der Waals surface area contributed by atoms with Gasteiger partial charge in [-0.3, -0.25) is 14.9 Å². The van der Waals surface area contributed by atoms with Crippen molar-refractivity contribution < 1.29 is 14.5 Å². The minimum absolute atomic E-state index is 0.00397. The van der Waals surface area contributed by atoms with Gasteiger partial charge in [-0.1, -0.05) is 0 Å². The normalized spacial score (nSPS) is 10.6. The van der Waals surface area contributed by atoms with Crippen molar-refractivity contribution in [3.05, 3.63) is 56.3 Å². The molecule has 114 valence electrons. The van der Waals surface area contributed by atoms with Crippen molar-refractivity contribution in [2.24, 2.45) is 5.10 Å². The van der Waals surface area contributed by atoms with E-state index in [0.717, 1.165) is 0 Å². The molecule has 1 amide bonds. The highest BCUT2D eigenvalue weighted by atomic mass is 32.1. The predicted octanol–water partition coefficient (Wildman–Crippen LogP) is 2.82. The van der Waals surface area contributed by atoms with Crippen LogP contribution in [0.3, 0.4) is 0 Å². The molecular formula is C14H13N3O4S. The molecule has 1 heterocycles. The number of hydrogen-bond donors (Lipinski definition) is 1. The van der Waals surface area contributed by atoms with Crippen LogP contribution < -0.4 is 10.2 Å². The Morgan fingerprint density at radius 1 is 1.45 bits per heavy atom. The number of hydrazone groups is 1. The van der Waals surface area contributed by atoms with Crippen molar-refractivity contribution in [2.75, 3.05) is 6.61 Å². The van der Waals surface area contributed by atoms with Gasteiger partial charge in [-0.15, -0.1) is 11.3 Å². The van der Waals surface area contributed by atoms with Gasteiger partial charge in [-0.05, 0) is 31.2 Å². The Morgan fingerprint density at radius 3 is 2.77 bits per heavy atom. The van der Waals surface area contributed by atoms with E-state index in [-0.39, 0.29) is 11.6 Å². The molecule has 0 fully saturated rings. The Morgan fingerprint density at radius 2 is 2.18 bits per heavy atom. The predicted molar refractivity (Wildman–Crippen MR) is 83.6 cm³/mol. The summed E-state index contributed by atoms with van der Waals surface area (Å²) in [6.45, 7) is 2.44. The van der Waals surface area contributed by atoms with Gasteiger partial charge < -0.3 is 4.74 Å². The van der Waals surface area contributed by atoms with E-state index in [1.807, 2.05) is 6.92 Å². The molecule has 8 heteroatoms. The fraction of sp³-hybridized carbons (Fsp3) is 0.143. The van der Waals surface area contributed by atoms with Crippen LogP contribution in [0.2, 0.25) is 0 Å². The molecule has 2 aromatic rings. The first-order valence-electron chi connectivity index (χ1n) is 6.39. The fourth-order valence-electron chi connectivity index (χ4n) is 1.59. The number of amides is 1. The standard InChI is InChI=1S/C14H13N3O4S/c1-2-21-12-5-3-10(4-6-12)14(18)16-15-8-13-7-11(9-22-13)17(19)20/h3-9H,2H2,1H3,(H,16,18)/b15-8-. The largest absolute Gasteiger partial charge is 0.494 e. The third-order valence-corrected chi connectivity index (χ3v) is 3.46. The molecule has 0 saturated carbocycles. The summed E-state index contributed by atoms with van der Waals surface area (Å²) in [6, 6.07) is 8.05. The summed E-state index contributed by atoms with van der Waals surface area (Å²) < 4.78 is 5.29. The molecule has 0 spiro atoms. The minimum atomic E-state index is -0.480. The number of nitrogens with zero attached hydrogens (tertiary/aromatic N) is 2.